The van der Waals surface area contributed by atoms with E-state index in [0.717, 1.165) is 32.1 Å². The van der Waals surface area contributed by atoms with E-state index in [9.17, 15) is 14.9 Å². The number of hydrogen-bond acceptors (Lipinski definition) is 4. The van der Waals surface area contributed by atoms with Crippen LogP contribution in [0, 0.1) is 10.1 Å². The predicted octanol–water partition coefficient (Wildman–Crippen LogP) is 3.98. The number of benzene rings is 1. The highest BCUT2D eigenvalue weighted by Gasteiger charge is 2.24. The van der Waals surface area contributed by atoms with E-state index in [-0.39, 0.29) is 21.6 Å². The van der Waals surface area contributed by atoms with E-state index in [1.807, 2.05) is 0 Å². The Morgan fingerprint density at radius 2 is 1.89 bits per heavy atom. The average Bonchev–Trinajstić information content (AvgIpc) is 2.39. The van der Waals surface area contributed by atoms with Gasteiger partial charge in [-0.05, 0) is 18.9 Å². The van der Waals surface area contributed by atoms with Crippen LogP contribution in [-0.4, -0.2) is 16.0 Å². The van der Waals surface area contributed by atoms with Crippen molar-refractivity contribution >= 4 is 23.2 Å². The first-order chi connectivity index (χ1) is 9.18. The van der Waals surface area contributed by atoms with Gasteiger partial charge in [0.15, 0.2) is 0 Å². The van der Waals surface area contributed by atoms with Gasteiger partial charge in [0.1, 0.15) is 5.78 Å². The van der Waals surface area contributed by atoms with Crippen LogP contribution >= 0.6 is 11.8 Å². The number of carbonyl (C=O) groups excluding carboxylic acids is 1. The molecule has 19 heavy (non-hydrogen) atoms. The lowest BCUT2D eigenvalue weighted by molar-refractivity contribution is -0.387. The van der Waals surface area contributed by atoms with Gasteiger partial charge in [-0.15, -0.1) is 11.8 Å². The van der Waals surface area contributed by atoms with E-state index >= 15 is 0 Å². The van der Waals surface area contributed by atoms with E-state index < -0.39 is 0 Å². The van der Waals surface area contributed by atoms with Gasteiger partial charge in [0.05, 0.1) is 15.1 Å². The van der Waals surface area contributed by atoms with Crippen molar-refractivity contribution in [1.29, 1.82) is 0 Å². The monoisotopic (exact) mass is 279 g/mol. The average molecular weight is 279 g/mol. The van der Waals surface area contributed by atoms with Crippen LogP contribution in [0.1, 0.15) is 38.5 Å². The molecule has 0 heterocycles. The van der Waals surface area contributed by atoms with Gasteiger partial charge in [0.25, 0.3) is 5.69 Å². The van der Waals surface area contributed by atoms with E-state index in [1.165, 1.54) is 17.8 Å². The van der Waals surface area contributed by atoms with Crippen molar-refractivity contribution in [1.82, 2.24) is 0 Å². The lowest BCUT2D eigenvalue weighted by Gasteiger charge is -2.18. The Balaban J connectivity index is 2.14. The van der Waals surface area contributed by atoms with Crippen LogP contribution in [-0.2, 0) is 4.79 Å². The third-order valence-corrected chi connectivity index (χ3v) is 4.71. The summed E-state index contributed by atoms with van der Waals surface area (Å²) in [5.41, 5.74) is 0.0994. The zero-order valence-electron chi connectivity index (χ0n) is 10.7. The molecule has 1 saturated carbocycles. The maximum atomic E-state index is 12.1. The Kier molecular flexibility index (Phi) is 4.96. The molecule has 5 heteroatoms. The number of carbonyl (C=O) groups is 1. The van der Waals surface area contributed by atoms with Gasteiger partial charge in [-0.2, -0.15) is 0 Å². The third kappa shape index (κ3) is 3.80. The Bertz CT molecular complexity index is 476. The van der Waals surface area contributed by atoms with Crippen molar-refractivity contribution in [2.24, 2.45) is 0 Å². The second kappa shape index (κ2) is 6.70. The number of nitrogens with zero attached hydrogens (tertiary/aromatic N) is 1. The molecular formula is C14H17NO3S. The molecule has 0 aliphatic heterocycles. The lowest BCUT2D eigenvalue weighted by Crippen LogP contribution is -2.18. The first kappa shape index (κ1) is 14.1. The Morgan fingerprint density at radius 1 is 1.16 bits per heavy atom. The molecule has 2 rings (SSSR count). The van der Waals surface area contributed by atoms with Gasteiger partial charge in [-0.3, -0.25) is 14.9 Å². The molecule has 0 aromatic heterocycles. The standard InChI is InChI=1S/C14H17NO3S/c16-12-8-3-1-2-4-10-14(12)19-13-9-6-5-7-11(13)15(17)18/h5-7,9,14H,1-4,8,10H2/t14-/m1/s1. The molecule has 4 nitrogen and oxygen atoms in total. The van der Waals surface area contributed by atoms with Crippen LogP contribution in [0.4, 0.5) is 5.69 Å². The summed E-state index contributed by atoms with van der Waals surface area (Å²) < 4.78 is 0. The summed E-state index contributed by atoms with van der Waals surface area (Å²) >= 11 is 1.36. The smallest absolute Gasteiger partial charge is 0.282 e. The molecule has 1 atom stereocenters. The first-order valence-electron chi connectivity index (χ1n) is 6.61. The van der Waals surface area contributed by atoms with Crippen molar-refractivity contribution in [3.63, 3.8) is 0 Å². The van der Waals surface area contributed by atoms with Crippen LogP contribution in [0.5, 0.6) is 0 Å². The van der Waals surface area contributed by atoms with Crippen LogP contribution in [0.2, 0.25) is 0 Å². The van der Waals surface area contributed by atoms with Gasteiger partial charge in [0.2, 0.25) is 0 Å². The second-order valence-corrected chi connectivity index (χ2v) is 6.00. The highest BCUT2D eigenvalue weighted by molar-refractivity contribution is 8.00. The minimum Gasteiger partial charge on any atom is -0.298 e. The summed E-state index contributed by atoms with van der Waals surface area (Å²) in [6.45, 7) is 0. The minimum atomic E-state index is -0.379. The molecular weight excluding hydrogens is 262 g/mol. The maximum absolute atomic E-state index is 12.1. The molecule has 0 amide bonds. The molecule has 0 bridgehead atoms. The van der Waals surface area contributed by atoms with Crippen LogP contribution in [0.15, 0.2) is 29.2 Å². The maximum Gasteiger partial charge on any atom is 0.282 e. The molecule has 1 aromatic rings. The summed E-state index contributed by atoms with van der Waals surface area (Å²) in [5.74, 6) is 0.239. The summed E-state index contributed by atoms with van der Waals surface area (Å²) in [7, 11) is 0. The first-order valence-corrected chi connectivity index (χ1v) is 7.49. The fourth-order valence-electron chi connectivity index (χ4n) is 2.29. The largest absolute Gasteiger partial charge is 0.298 e. The van der Waals surface area contributed by atoms with Gasteiger partial charge < -0.3 is 0 Å². The van der Waals surface area contributed by atoms with E-state index in [2.05, 4.69) is 0 Å². The molecule has 1 aromatic carbocycles. The summed E-state index contributed by atoms with van der Waals surface area (Å²) in [6.07, 6.45) is 5.69. The number of nitro groups is 1. The fourth-order valence-corrected chi connectivity index (χ4v) is 3.55. The number of thioether (sulfide) groups is 1. The van der Waals surface area contributed by atoms with Gasteiger partial charge in [-0.25, -0.2) is 0 Å². The molecule has 0 saturated heterocycles. The second-order valence-electron chi connectivity index (χ2n) is 4.75. The molecule has 1 fully saturated rings. The van der Waals surface area contributed by atoms with Gasteiger partial charge in [-0.1, -0.05) is 31.4 Å². The number of Topliss-reactive ketones (excluding diaryl/α,β-unsaturated/α-hetero) is 1. The lowest BCUT2D eigenvalue weighted by atomic mass is 9.99. The van der Waals surface area contributed by atoms with Crippen molar-refractivity contribution in [3.05, 3.63) is 34.4 Å². The quantitative estimate of drug-likeness (QED) is 0.620. The molecule has 1 aliphatic carbocycles. The number of ketones is 1. The third-order valence-electron chi connectivity index (χ3n) is 3.33. The molecule has 102 valence electrons. The van der Waals surface area contributed by atoms with Crippen LogP contribution in [0.25, 0.3) is 0 Å². The van der Waals surface area contributed by atoms with E-state index in [0.29, 0.717) is 11.3 Å². The number of para-hydroxylation sites is 1. The predicted molar refractivity (Wildman–Crippen MR) is 75.5 cm³/mol. The molecule has 0 unspecified atom stereocenters. The normalized spacial score (nSPS) is 20.6. The summed E-state index contributed by atoms with van der Waals surface area (Å²) in [6, 6.07) is 6.66. The zero-order valence-corrected chi connectivity index (χ0v) is 11.5. The number of rotatable bonds is 3. The fraction of sp³-hybridized carbons (Fsp3) is 0.500. The minimum absolute atomic E-state index is 0.0994. The van der Waals surface area contributed by atoms with Crippen molar-refractivity contribution < 1.29 is 9.72 Å². The van der Waals surface area contributed by atoms with Gasteiger partial charge in [0, 0.05) is 12.5 Å². The summed E-state index contributed by atoms with van der Waals surface area (Å²) in [5, 5.41) is 10.9. The molecule has 0 radical (unpaired) electrons. The van der Waals surface area contributed by atoms with Crippen LogP contribution < -0.4 is 0 Å². The Hall–Kier alpha value is -1.36. The Labute approximate surface area is 116 Å². The SMILES string of the molecule is O=C1CCCCCC[C@H]1Sc1ccccc1[N+](=O)[O-]. The zero-order chi connectivity index (χ0) is 13.7. The summed E-state index contributed by atoms with van der Waals surface area (Å²) in [4.78, 5) is 23.3. The van der Waals surface area contributed by atoms with E-state index in [4.69, 9.17) is 0 Å². The molecule has 0 spiro atoms. The number of hydrogen-bond donors (Lipinski definition) is 0. The Morgan fingerprint density at radius 3 is 2.68 bits per heavy atom. The van der Waals surface area contributed by atoms with Crippen molar-refractivity contribution in [2.75, 3.05) is 0 Å². The molecule has 0 N–H and O–H groups in total. The highest BCUT2D eigenvalue weighted by Crippen LogP contribution is 2.35. The van der Waals surface area contributed by atoms with Crippen LogP contribution in [0.3, 0.4) is 0 Å². The number of nitro benzene ring substituents is 1. The van der Waals surface area contributed by atoms with Crippen molar-refractivity contribution in [3.8, 4) is 0 Å². The van der Waals surface area contributed by atoms with E-state index in [1.54, 1.807) is 18.2 Å². The van der Waals surface area contributed by atoms with Gasteiger partial charge >= 0.3 is 0 Å². The van der Waals surface area contributed by atoms with Crippen molar-refractivity contribution in [2.45, 2.75) is 48.7 Å². The highest BCUT2D eigenvalue weighted by atomic mass is 32.2. The molecule has 1 aliphatic rings. The topological polar surface area (TPSA) is 60.2 Å².